The van der Waals surface area contributed by atoms with E-state index in [1.54, 1.807) is 0 Å². The molecule has 0 saturated carbocycles. The predicted molar refractivity (Wildman–Crippen MR) is 193 cm³/mol. The minimum Gasteiger partial charge on any atom is -0.456 e. The van der Waals surface area contributed by atoms with E-state index in [2.05, 4.69) is 143 Å². The molecule has 0 amide bonds. The quantitative estimate of drug-likeness (QED) is 0.203. The Morgan fingerprint density at radius 3 is 1.74 bits per heavy atom. The molecule has 218 valence electrons. The summed E-state index contributed by atoms with van der Waals surface area (Å²) in [6.45, 7) is 0. The molecule has 3 aromatic heterocycles. The van der Waals surface area contributed by atoms with Crippen LogP contribution in [0.25, 0.3) is 88.1 Å². The third kappa shape index (κ3) is 3.57. The Balaban J connectivity index is 1.26. The van der Waals surface area contributed by atoms with Gasteiger partial charge in [-0.1, -0.05) is 97.1 Å². The number of hydrogen-bond donors (Lipinski definition) is 0. The summed E-state index contributed by atoms with van der Waals surface area (Å²) in [5.74, 6) is 0. The molecular formula is C43H25N3O. The first-order chi connectivity index (χ1) is 23.3. The van der Waals surface area contributed by atoms with Gasteiger partial charge in [-0.25, -0.2) is 0 Å². The van der Waals surface area contributed by atoms with Gasteiger partial charge in [-0.05, 0) is 60.2 Å². The number of furan rings is 1. The van der Waals surface area contributed by atoms with Crippen molar-refractivity contribution < 1.29 is 4.42 Å². The maximum absolute atomic E-state index is 10.6. The zero-order valence-electron chi connectivity index (χ0n) is 25.2. The fraction of sp³-hybridized carbons (Fsp3) is 0. The van der Waals surface area contributed by atoms with Gasteiger partial charge in [-0.2, -0.15) is 5.26 Å². The molecule has 7 aromatic carbocycles. The first-order valence-electron chi connectivity index (χ1n) is 15.8. The average molecular weight is 600 g/mol. The Bertz CT molecular complexity index is 2860. The van der Waals surface area contributed by atoms with Crippen molar-refractivity contribution in [2.45, 2.75) is 0 Å². The molecular weight excluding hydrogens is 574 g/mol. The second-order valence-electron chi connectivity index (χ2n) is 12.0. The molecule has 3 heterocycles. The van der Waals surface area contributed by atoms with Gasteiger partial charge < -0.3 is 13.6 Å². The van der Waals surface area contributed by atoms with Crippen LogP contribution in [0.1, 0.15) is 5.56 Å². The van der Waals surface area contributed by atoms with Gasteiger partial charge in [0.25, 0.3) is 0 Å². The molecule has 4 nitrogen and oxygen atoms in total. The monoisotopic (exact) mass is 599 g/mol. The Morgan fingerprint density at radius 1 is 0.468 bits per heavy atom. The van der Waals surface area contributed by atoms with E-state index in [1.807, 2.05) is 24.3 Å². The lowest BCUT2D eigenvalue weighted by molar-refractivity contribution is 0.669. The normalized spacial score (nSPS) is 11.8. The van der Waals surface area contributed by atoms with Gasteiger partial charge in [0, 0.05) is 38.2 Å². The maximum Gasteiger partial charge on any atom is 0.137 e. The van der Waals surface area contributed by atoms with Crippen LogP contribution in [-0.2, 0) is 0 Å². The summed E-state index contributed by atoms with van der Waals surface area (Å²) in [5.41, 5.74) is 10.7. The zero-order chi connectivity index (χ0) is 31.1. The molecule has 10 aromatic rings. The number of nitriles is 1. The first kappa shape index (κ1) is 25.7. The van der Waals surface area contributed by atoms with Crippen LogP contribution in [0.15, 0.2) is 156 Å². The second kappa shape index (κ2) is 9.71. The largest absolute Gasteiger partial charge is 0.456 e. The van der Waals surface area contributed by atoms with Gasteiger partial charge in [-0.15, -0.1) is 0 Å². The van der Waals surface area contributed by atoms with Crippen LogP contribution < -0.4 is 0 Å². The Hall–Kier alpha value is -6.57. The van der Waals surface area contributed by atoms with E-state index < -0.39 is 0 Å². The SMILES string of the molecule is N#Cc1cccc(-c2ccc(-n3c4ccccc4c4ccccc43)cc2)c1-n1c2ccccc2c2ccc3oc4ccccc4c3c21. The van der Waals surface area contributed by atoms with E-state index in [-0.39, 0.29) is 0 Å². The Labute approximate surface area is 269 Å². The number of nitrogens with zero attached hydrogens (tertiary/aromatic N) is 3. The van der Waals surface area contributed by atoms with Gasteiger partial charge in [0.05, 0.1) is 38.7 Å². The van der Waals surface area contributed by atoms with E-state index in [0.29, 0.717) is 5.56 Å². The molecule has 10 rings (SSSR count). The molecule has 0 saturated heterocycles. The molecule has 0 aliphatic heterocycles. The number of benzene rings is 7. The molecule has 0 N–H and O–H groups in total. The maximum atomic E-state index is 10.6. The summed E-state index contributed by atoms with van der Waals surface area (Å²) in [7, 11) is 0. The Kier molecular flexibility index (Phi) is 5.32. The summed E-state index contributed by atoms with van der Waals surface area (Å²) in [4.78, 5) is 0. The lowest BCUT2D eigenvalue weighted by Gasteiger charge is -2.17. The highest BCUT2D eigenvalue weighted by Crippen LogP contribution is 2.43. The number of hydrogen-bond acceptors (Lipinski definition) is 2. The van der Waals surface area contributed by atoms with Crippen molar-refractivity contribution in [1.82, 2.24) is 9.13 Å². The lowest BCUT2D eigenvalue weighted by atomic mass is 9.99. The van der Waals surface area contributed by atoms with Crippen LogP contribution in [0, 0.1) is 11.3 Å². The highest BCUT2D eigenvalue weighted by molar-refractivity contribution is 6.24. The topological polar surface area (TPSA) is 46.8 Å². The summed E-state index contributed by atoms with van der Waals surface area (Å²) >= 11 is 0. The molecule has 0 radical (unpaired) electrons. The molecule has 0 unspecified atom stereocenters. The molecule has 0 bridgehead atoms. The summed E-state index contributed by atoms with van der Waals surface area (Å²) in [6.07, 6.45) is 0. The van der Waals surface area contributed by atoms with Crippen LogP contribution in [0.3, 0.4) is 0 Å². The van der Waals surface area contributed by atoms with Crippen LogP contribution in [-0.4, -0.2) is 9.13 Å². The second-order valence-corrected chi connectivity index (χ2v) is 12.0. The summed E-state index contributed by atoms with van der Waals surface area (Å²) in [6, 6.07) is 55.3. The number of rotatable bonds is 3. The van der Waals surface area contributed by atoms with Crippen molar-refractivity contribution in [2.75, 3.05) is 0 Å². The van der Waals surface area contributed by atoms with E-state index >= 15 is 0 Å². The number of aromatic nitrogens is 2. The molecule has 0 atom stereocenters. The standard InChI is InChI=1S/C43H25N3O/c44-26-28-10-9-15-30(27-20-22-29(23-21-27)45-36-16-5-1-11-31(36)32-12-2-6-17-37(32)45)42(28)46-38-18-7-3-13-33(38)34-24-25-40-41(43(34)46)35-14-4-8-19-39(35)47-40/h1-25H. The highest BCUT2D eigenvalue weighted by Gasteiger charge is 2.22. The van der Waals surface area contributed by atoms with Crippen LogP contribution in [0.5, 0.6) is 0 Å². The van der Waals surface area contributed by atoms with Crippen molar-refractivity contribution in [3.05, 3.63) is 157 Å². The summed E-state index contributed by atoms with van der Waals surface area (Å²) < 4.78 is 11.0. The molecule has 0 aliphatic rings. The third-order valence-electron chi connectivity index (χ3n) is 9.57. The van der Waals surface area contributed by atoms with E-state index in [9.17, 15) is 5.26 Å². The lowest BCUT2D eigenvalue weighted by Crippen LogP contribution is -2.01. The van der Waals surface area contributed by atoms with Crippen LogP contribution in [0.2, 0.25) is 0 Å². The Morgan fingerprint density at radius 2 is 1.06 bits per heavy atom. The van der Waals surface area contributed by atoms with Gasteiger partial charge in [0.2, 0.25) is 0 Å². The first-order valence-corrected chi connectivity index (χ1v) is 15.8. The minimum absolute atomic E-state index is 0.612. The number of para-hydroxylation sites is 5. The smallest absolute Gasteiger partial charge is 0.137 e. The molecule has 4 heteroatoms. The van der Waals surface area contributed by atoms with Crippen molar-refractivity contribution in [3.8, 4) is 28.6 Å². The highest BCUT2D eigenvalue weighted by atomic mass is 16.3. The molecule has 0 aliphatic carbocycles. The fourth-order valence-electron chi connectivity index (χ4n) is 7.60. The van der Waals surface area contributed by atoms with Crippen molar-refractivity contribution in [3.63, 3.8) is 0 Å². The average Bonchev–Trinajstić information content (AvgIpc) is 3.79. The summed E-state index contributed by atoms with van der Waals surface area (Å²) in [5, 5.41) is 17.4. The molecule has 47 heavy (non-hydrogen) atoms. The van der Waals surface area contributed by atoms with E-state index in [1.165, 1.54) is 21.8 Å². The zero-order valence-corrected chi connectivity index (χ0v) is 25.2. The molecule has 0 spiro atoms. The van der Waals surface area contributed by atoms with Crippen LogP contribution >= 0.6 is 0 Å². The third-order valence-corrected chi connectivity index (χ3v) is 9.57. The van der Waals surface area contributed by atoms with Gasteiger partial charge >= 0.3 is 0 Å². The van der Waals surface area contributed by atoms with Gasteiger partial charge in [0.1, 0.15) is 17.2 Å². The van der Waals surface area contributed by atoms with E-state index in [0.717, 1.165) is 66.2 Å². The molecule has 0 fully saturated rings. The minimum atomic E-state index is 0.612. The fourth-order valence-corrected chi connectivity index (χ4v) is 7.60. The van der Waals surface area contributed by atoms with Gasteiger partial charge in [-0.3, -0.25) is 0 Å². The number of fused-ring (bicyclic) bond motifs is 10. The van der Waals surface area contributed by atoms with Crippen molar-refractivity contribution >= 4 is 65.6 Å². The van der Waals surface area contributed by atoms with Gasteiger partial charge in [0.15, 0.2) is 0 Å². The predicted octanol–water partition coefficient (Wildman–Crippen LogP) is 11.3. The van der Waals surface area contributed by atoms with Crippen molar-refractivity contribution in [1.29, 1.82) is 5.26 Å². The van der Waals surface area contributed by atoms with Crippen LogP contribution in [0.4, 0.5) is 0 Å². The van der Waals surface area contributed by atoms with E-state index in [4.69, 9.17) is 4.42 Å². The van der Waals surface area contributed by atoms with Crippen molar-refractivity contribution in [2.24, 2.45) is 0 Å².